The van der Waals surface area contributed by atoms with Crippen molar-refractivity contribution in [3.8, 4) is 0 Å². The lowest BCUT2D eigenvalue weighted by molar-refractivity contribution is 0.0626. The van der Waals surface area contributed by atoms with Gasteiger partial charge in [-0.05, 0) is 13.0 Å². The SMILES string of the molecule is C/C=C/C(OC(=O)OC)P(=O)(OC)OC. The second-order valence-electron chi connectivity index (χ2n) is 2.39. The van der Waals surface area contributed by atoms with E-state index in [1.165, 1.54) is 20.3 Å². The van der Waals surface area contributed by atoms with Gasteiger partial charge in [0.05, 0.1) is 7.11 Å². The minimum atomic E-state index is -3.48. The minimum absolute atomic E-state index is 0.951. The van der Waals surface area contributed by atoms with E-state index in [-0.39, 0.29) is 0 Å². The predicted octanol–water partition coefficient (Wildman–Crippen LogP) is 2.16. The quantitative estimate of drug-likeness (QED) is 0.415. The van der Waals surface area contributed by atoms with E-state index in [0.29, 0.717) is 0 Å². The van der Waals surface area contributed by atoms with Crippen molar-refractivity contribution in [2.24, 2.45) is 0 Å². The fraction of sp³-hybridized carbons (Fsp3) is 0.625. The summed E-state index contributed by atoms with van der Waals surface area (Å²) in [7, 11) is 0.0871. The van der Waals surface area contributed by atoms with Gasteiger partial charge in [0.25, 0.3) is 0 Å². The zero-order valence-corrected chi connectivity index (χ0v) is 10.0. The number of carbonyl (C=O) groups excluding carboxylic acids is 1. The van der Waals surface area contributed by atoms with Crippen molar-refractivity contribution in [2.75, 3.05) is 21.3 Å². The van der Waals surface area contributed by atoms with Crippen molar-refractivity contribution in [2.45, 2.75) is 12.8 Å². The van der Waals surface area contributed by atoms with Gasteiger partial charge >= 0.3 is 13.8 Å². The molecule has 1 unspecified atom stereocenters. The van der Waals surface area contributed by atoms with Gasteiger partial charge in [-0.25, -0.2) is 4.79 Å². The highest BCUT2D eigenvalue weighted by Crippen LogP contribution is 2.52. The lowest BCUT2D eigenvalue weighted by atomic mass is 10.5. The van der Waals surface area contributed by atoms with Crippen molar-refractivity contribution in [3.05, 3.63) is 12.2 Å². The number of ether oxygens (including phenoxy) is 2. The molecule has 1 atom stereocenters. The standard InChI is InChI=1S/C8H15O6P/c1-5-6-7(14-8(9)11-2)15(10,12-3)13-4/h5-7H,1-4H3/b6-5+. The number of hydrogen-bond donors (Lipinski definition) is 0. The summed E-state index contributed by atoms with van der Waals surface area (Å²) < 4.78 is 30.3. The molecule has 0 aliphatic rings. The summed E-state index contributed by atoms with van der Waals surface area (Å²) >= 11 is 0. The molecular formula is C8H15O6P. The Hall–Kier alpha value is -0.840. The zero-order valence-electron chi connectivity index (χ0n) is 9.13. The smallest absolute Gasteiger partial charge is 0.438 e. The molecule has 0 saturated heterocycles. The van der Waals surface area contributed by atoms with Crippen LogP contribution in [0.1, 0.15) is 6.92 Å². The number of allylic oxidation sites excluding steroid dienone is 1. The Morgan fingerprint density at radius 1 is 1.27 bits per heavy atom. The van der Waals surface area contributed by atoms with Crippen molar-refractivity contribution in [1.29, 1.82) is 0 Å². The number of carbonyl (C=O) groups is 1. The Morgan fingerprint density at radius 2 is 1.80 bits per heavy atom. The first kappa shape index (κ1) is 14.2. The Morgan fingerprint density at radius 3 is 2.13 bits per heavy atom. The maximum atomic E-state index is 11.9. The van der Waals surface area contributed by atoms with Crippen LogP contribution in [0.25, 0.3) is 0 Å². The van der Waals surface area contributed by atoms with E-state index in [2.05, 4.69) is 4.74 Å². The highest BCUT2D eigenvalue weighted by molar-refractivity contribution is 7.54. The topological polar surface area (TPSA) is 71.1 Å². The van der Waals surface area contributed by atoms with Crippen LogP contribution in [0.15, 0.2) is 12.2 Å². The van der Waals surface area contributed by atoms with E-state index in [1.807, 2.05) is 0 Å². The van der Waals surface area contributed by atoms with Gasteiger partial charge in [0.1, 0.15) is 0 Å². The van der Waals surface area contributed by atoms with Crippen molar-refractivity contribution in [3.63, 3.8) is 0 Å². The molecule has 15 heavy (non-hydrogen) atoms. The van der Waals surface area contributed by atoms with E-state index < -0.39 is 19.6 Å². The minimum Gasteiger partial charge on any atom is -0.438 e. The molecule has 7 heteroatoms. The molecule has 0 saturated carbocycles. The maximum absolute atomic E-state index is 11.9. The first-order valence-corrected chi connectivity index (χ1v) is 5.73. The van der Waals surface area contributed by atoms with Gasteiger partial charge in [-0.15, -0.1) is 0 Å². The molecule has 0 fully saturated rings. The average molecular weight is 238 g/mol. The van der Waals surface area contributed by atoms with E-state index in [1.54, 1.807) is 13.0 Å². The summed E-state index contributed by atoms with van der Waals surface area (Å²) in [4.78, 5) is 10.9. The Balaban J connectivity index is 4.79. The molecule has 0 aromatic heterocycles. The van der Waals surface area contributed by atoms with E-state index in [9.17, 15) is 9.36 Å². The van der Waals surface area contributed by atoms with Crippen LogP contribution >= 0.6 is 7.60 Å². The normalized spacial score (nSPS) is 13.9. The Kier molecular flexibility index (Phi) is 6.24. The van der Waals surface area contributed by atoms with Crippen molar-refractivity contribution < 1.29 is 27.9 Å². The molecule has 0 radical (unpaired) electrons. The largest absolute Gasteiger partial charge is 0.509 e. The van der Waals surface area contributed by atoms with Crippen molar-refractivity contribution >= 4 is 13.8 Å². The summed E-state index contributed by atoms with van der Waals surface area (Å²) in [5.41, 5.74) is 0. The van der Waals surface area contributed by atoms with Crippen LogP contribution < -0.4 is 0 Å². The molecule has 0 N–H and O–H groups in total. The number of rotatable bonds is 5. The first-order chi connectivity index (χ1) is 7.03. The molecule has 0 spiro atoms. The first-order valence-electron chi connectivity index (χ1n) is 4.12. The number of hydrogen-bond acceptors (Lipinski definition) is 6. The van der Waals surface area contributed by atoms with Crippen LogP contribution in [0.5, 0.6) is 0 Å². The lowest BCUT2D eigenvalue weighted by Gasteiger charge is -2.20. The van der Waals surface area contributed by atoms with Gasteiger partial charge in [-0.3, -0.25) is 4.57 Å². The highest BCUT2D eigenvalue weighted by atomic mass is 31.2. The number of methoxy groups -OCH3 is 1. The Labute approximate surface area is 88.7 Å². The average Bonchev–Trinajstić information content (AvgIpc) is 2.27. The van der Waals surface area contributed by atoms with Gasteiger partial charge in [-0.1, -0.05) is 6.08 Å². The van der Waals surface area contributed by atoms with Crippen molar-refractivity contribution in [1.82, 2.24) is 0 Å². The fourth-order valence-electron chi connectivity index (χ4n) is 0.803. The monoisotopic (exact) mass is 238 g/mol. The molecule has 0 aromatic rings. The summed E-state index contributed by atoms with van der Waals surface area (Å²) in [6.45, 7) is 1.68. The summed E-state index contributed by atoms with van der Waals surface area (Å²) in [5, 5.41) is 0. The molecule has 6 nitrogen and oxygen atoms in total. The maximum Gasteiger partial charge on any atom is 0.509 e. The fourth-order valence-corrected chi connectivity index (χ4v) is 1.97. The second kappa shape index (κ2) is 6.61. The predicted molar refractivity (Wildman–Crippen MR) is 53.7 cm³/mol. The van der Waals surface area contributed by atoms with Gasteiger partial charge in [0, 0.05) is 14.2 Å². The second-order valence-corrected chi connectivity index (χ2v) is 4.71. The molecule has 0 aromatic carbocycles. The van der Waals surface area contributed by atoms with Crippen LogP contribution in [0, 0.1) is 0 Å². The van der Waals surface area contributed by atoms with E-state index >= 15 is 0 Å². The molecule has 0 bridgehead atoms. The Bertz CT molecular complexity index is 266. The van der Waals surface area contributed by atoms with Crippen LogP contribution in [0.3, 0.4) is 0 Å². The lowest BCUT2D eigenvalue weighted by Crippen LogP contribution is -2.18. The summed E-state index contributed by atoms with van der Waals surface area (Å²) in [6, 6.07) is 0. The van der Waals surface area contributed by atoms with E-state index in [0.717, 1.165) is 7.11 Å². The van der Waals surface area contributed by atoms with Gasteiger partial charge < -0.3 is 18.5 Å². The van der Waals surface area contributed by atoms with Crippen LogP contribution in [-0.2, 0) is 23.1 Å². The third kappa shape index (κ3) is 4.03. The summed E-state index contributed by atoms with van der Waals surface area (Å²) in [5.74, 6) is -1.11. The van der Waals surface area contributed by atoms with Crippen LogP contribution in [0.4, 0.5) is 4.79 Å². The molecule has 0 heterocycles. The third-order valence-corrected chi connectivity index (χ3v) is 3.48. The highest BCUT2D eigenvalue weighted by Gasteiger charge is 2.35. The molecule has 88 valence electrons. The molecule has 0 aliphatic heterocycles. The molecular weight excluding hydrogens is 223 g/mol. The van der Waals surface area contributed by atoms with Gasteiger partial charge in [-0.2, -0.15) is 0 Å². The molecule has 0 amide bonds. The molecule has 0 rings (SSSR count). The van der Waals surface area contributed by atoms with Crippen LogP contribution in [0.2, 0.25) is 0 Å². The van der Waals surface area contributed by atoms with Gasteiger partial charge in [0.2, 0.25) is 5.85 Å². The third-order valence-electron chi connectivity index (χ3n) is 1.56. The van der Waals surface area contributed by atoms with E-state index in [4.69, 9.17) is 13.8 Å². The van der Waals surface area contributed by atoms with Gasteiger partial charge in [0.15, 0.2) is 0 Å². The molecule has 0 aliphatic carbocycles. The van der Waals surface area contributed by atoms with Crippen LogP contribution in [-0.4, -0.2) is 33.3 Å². The summed E-state index contributed by atoms with van der Waals surface area (Å²) in [6.07, 6.45) is 2.01. The zero-order chi connectivity index (χ0) is 11.9.